The fourth-order valence-corrected chi connectivity index (χ4v) is 1.79. The number of rotatable bonds is 3. The van der Waals surface area contributed by atoms with E-state index in [1.165, 1.54) is 0 Å². The molecule has 3 heteroatoms. The van der Waals surface area contributed by atoms with Crippen LogP contribution in [0.3, 0.4) is 0 Å². The van der Waals surface area contributed by atoms with Gasteiger partial charge in [0.25, 0.3) is 0 Å². The molecule has 0 bridgehead atoms. The van der Waals surface area contributed by atoms with Crippen LogP contribution in [0, 0.1) is 25.2 Å². The van der Waals surface area contributed by atoms with Gasteiger partial charge in [-0.2, -0.15) is 5.26 Å². The van der Waals surface area contributed by atoms with E-state index in [0.29, 0.717) is 12.1 Å². The van der Waals surface area contributed by atoms with Crippen LogP contribution in [0.15, 0.2) is 36.7 Å². The number of pyridine rings is 1. The Morgan fingerprint density at radius 1 is 1.22 bits per heavy atom. The fraction of sp³-hybridized carbons (Fsp3) is 0.200. The van der Waals surface area contributed by atoms with Gasteiger partial charge >= 0.3 is 0 Å². The molecule has 1 heterocycles. The minimum atomic E-state index is 0.672. The van der Waals surface area contributed by atoms with E-state index in [2.05, 4.69) is 22.4 Å². The largest absolute Gasteiger partial charge is 0.381 e. The fourth-order valence-electron chi connectivity index (χ4n) is 1.79. The predicted octanol–water partition coefficient (Wildman–Crippen LogP) is 3.18. The van der Waals surface area contributed by atoms with Crippen LogP contribution in [0.2, 0.25) is 0 Å². The van der Waals surface area contributed by atoms with Crippen molar-refractivity contribution in [3.8, 4) is 6.07 Å². The van der Waals surface area contributed by atoms with Gasteiger partial charge < -0.3 is 5.32 Å². The van der Waals surface area contributed by atoms with Gasteiger partial charge in [-0.05, 0) is 42.7 Å². The van der Waals surface area contributed by atoms with Gasteiger partial charge in [-0.15, -0.1) is 0 Å². The molecule has 18 heavy (non-hydrogen) atoms. The molecule has 3 nitrogen and oxygen atoms in total. The van der Waals surface area contributed by atoms with Crippen molar-refractivity contribution in [1.82, 2.24) is 4.98 Å². The third kappa shape index (κ3) is 2.86. The molecule has 1 N–H and O–H groups in total. The van der Waals surface area contributed by atoms with E-state index in [4.69, 9.17) is 5.26 Å². The van der Waals surface area contributed by atoms with Gasteiger partial charge in [0.2, 0.25) is 0 Å². The number of benzene rings is 1. The van der Waals surface area contributed by atoms with Crippen molar-refractivity contribution in [1.29, 1.82) is 5.26 Å². The first-order valence-electron chi connectivity index (χ1n) is 5.84. The first-order valence-corrected chi connectivity index (χ1v) is 5.84. The Morgan fingerprint density at radius 2 is 2.06 bits per heavy atom. The minimum absolute atomic E-state index is 0.672. The summed E-state index contributed by atoms with van der Waals surface area (Å²) in [6, 6.07) is 9.91. The summed E-state index contributed by atoms with van der Waals surface area (Å²) >= 11 is 0. The number of aryl methyl sites for hydroxylation is 2. The molecule has 0 aliphatic heterocycles. The highest BCUT2D eigenvalue weighted by molar-refractivity contribution is 5.55. The van der Waals surface area contributed by atoms with Crippen molar-refractivity contribution in [3.63, 3.8) is 0 Å². The van der Waals surface area contributed by atoms with Crippen LogP contribution in [0.5, 0.6) is 0 Å². The van der Waals surface area contributed by atoms with E-state index in [-0.39, 0.29) is 0 Å². The molecule has 0 radical (unpaired) electrons. The maximum absolute atomic E-state index is 8.89. The molecular weight excluding hydrogens is 222 g/mol. The van der Waals surface area contributed by atoms with Crippen LogP contribution in [-0.2, 0) is 6.54 Å². The van der Waals surface area contributed by atoms with Crippen molar-refractivity contribution >= 4 is 5.69 Å². The molecule has 1 aromatic carbocycles. The number of nitrogens with one attached hydrogen (secondary N) is 1. The summed E-state index contributed by atoms with van der Waals surface area (Å²) in [5.41, 5.74) is 5.09. The van der Waals surface area contributed by atoms with E-state index < -0.39 is 0 Å². The molecule has 2 rings (SSSR count). The Kier molecular flexibility index (Phi) is 3.59. The van der Waals surface area contributed by atoms with E-state index in [0.717, 1.165) is 22.4 Å². The van der Waals surface area contributed by atoms with Crippen molar-refractivity contribution in [2.45, 2.75) is 20.4 Å². The summed E-state index contributed by atoms with van der Waals surface area (Å²) in [5.74, 6) is 0. The summed E-state index contributed by atoms with van der Waals surface area (Å²) in [4.78, 5) is 4.16. The molecule has 1 aromatic heterocycles. The average molecular weight is 237 g/mol. The summed E-state index contributed by atoms with van der Waals surface area (Å²) in [6.45, 7) is 4.76. The summed E-state index contributed by atoms with van der Waals surface area (Å²) in [6.07, 6.45) is 3.69. The van der Waals surface area contributed by atoms with E-state index in [9.17, 15) is 0 Å². The van der Waals surface area contributed by atoms with Crippen LogP contribution in [0.4, 0.5) is 5.69 Å². The second kappa shape index (κ2) is 5.33. The smallest absolute Gasteiger partial charge is 0.0992 e. The number of nitrogens with zero attached hydrogens (tertiary/aromatic N) is 2. The van der Waals surface area contributed by atoms with Gasteiger partial charge in [-0.25, -0.2) is 0 Å². The molecular formula is C15H15N3. The maximum Gasteiger partial charge on any atom is 0.0992 e. The van der Waals surface area contributed by atoms with Crippen LogP contribution in [0.1, 0.15) is 22.3 Å². The SMILES string of the molecule is Cc1cncc(CNc2cc(C#N)ccc2C)c1. The lowest BCUT2D eigenvalue weighted by Crippen LogP contribution is -2.02. The Bertz CT molecular complexity index is 597. The first-order chi connectivity index (χ1) is 8.69. The van der Waals surface area contributed by atoms with Gasteiger partial charge in [0.1, 0.15) is 0 Å². The number of hydrogen-bond acceptors (Lipinski definition) is 3. The van der Waals surface area contributed by atoms with E-state index in [1.807, 2.05) is 44.4 Å². The molecule has 0 atom stereocenters. The molecule has 0 saturated heterocycles. The van der Waals surface area contributed by atoms with Crippen LogP contribution < -0.4 is 5.32 Å². The topological polar surface area (TPSA) is 48.7 Å². The van der Waals surface area contributed by atoms with Gasteiger partial charge in [-0.3, -0.25) is 4.98 Å². The van der Waals surface area contributed by atoms with Crippen molar-refractivity contribution < 1.29 is 0 Å². The molecule has 0 saturated carbocycles. The van der Waals surface area contributed by atoms with E-state index in [1.54, 1.807) is 0 Å². The van der Waals surface area contributed by atoms with Crippen LogP contribution >= 0.6 is 0 Å². The molecule has 0 amide bonds. The standard InChI is InChI=1S/C15H15N3/c1-11-5-14(9-17-8-11)10-18-15-6-13(7-16)4-3-12(15)2/h3-6,8-9,18H,10H2,1-2H3. The maximum atomic E-state index is 8.89. The number of anilines is 1. The molecule has 0 aliphatic carbocycles. The van der Waals surface area contributed by atoms with Gasteiger partial charge in [0, 0.05) is 24.6 Å². The zero-order valence-corrected chi connectivity index (χ0v) is 10.6. The van der Waals surface area contributed by atoms with Crippen molar-refractivity contribution in [2.75, 3.05) is 5.32 Å². The second-order valence-corrected chi connectivity index (χ2v) is 4.37. The van der Waals surface area contributed by atoms with Crippen LogP contribution in [0.25, 0.3) is 0 Å². The highest BCUT2D eigenvalue weighted by Crippen LogP contribution is 2.17. The lowest BCUT2D eigenvalue weighted by atomic mass is 10.1. The van der Waals surface area contributed by atoms with Gasteiger partial charge in [-0.1, -0.05) is 12.1 Å². The summed E-state index contributed by atoms with van der Waals surface area (Å²) < 4.78 is 0. The van der Waals surface area contributed by atoms with E-state index >= 15 is 0 Å². The lowest BCUT2D eigenvalue weighted by Gasteiger charge is -2.10. The third-order valence-electron chi connectivity index (χ3n) is 2.78. The predicted molar refractivity (Wildman–Crippen MR) is 72.2 cm³/mol. The zero-order valence-electron chi connectivity index (χ0n) is 10.6. The monoisotopic (exact) mass is 237 g/mol. The molecule has 0 spiro atoms. The Morgan fingerprint density at radius 3 is 2.78 bits per heavy atom. The minimum Gasteiger partial charge on any atom is -0.381 e. The Hall–Kier alpha value is -2.34. The quantitative estimate of drug-likeness (QED) is 0.891. The average Bonchev–Trinajstić information content (AvgIpc) is 2.38. The Balaban J connectivity index is 2.13. The van der Waals surface area contributed by atoms with Crippen molar-refractivity contribution in [2.24, 2.45) is 0 Å². The Labute approximate surface area is 107 Å². The van der Waals surface area contributed by atoms with Crippen LogP contribution in [-0.4, -0.2) is 4.98 Å². The van der Waals surface area contributed by atoms with Gasteiger partial charge in [0.05, 0.1) is 11.6 Å². The number of nitriles is 1. The van der Waals surface area contributed by atoms with Gasteiger partial charge in [0.15, 0.2) is 0 Å². The highest BCUT2D eigenvalue weighted by atomic mass is 14.9. The lowest BCUT2D eigenvalue weighted by molar-refractivity contribution is 1.09. The zero-order chi connectivity index (χ0) is 13.0. The first kappa shape index (κ1) is 12.1. The molecule has 2 aromatic rings. The number of aromatic nitrogens is 1. The number of hydrogen-bond donors (Lipinski definition) is 1. The molecule has 0 unspecified atom stereocenters. The molecule has 0 aliphatic rings. The third-order valence-corrected chi connectivity index (χ3v) is 2.78. The highest BCUT2D eigenvalue weighted by Gasteiger charge is 2.00. The molecule has 90 valence electrons. The normalized spacial score (nSPS) is 9.83. The summed E-state index contributed by atoms with van der Waals surface area (Å²) in [5, 5.41) is 12.2. The summed E-state index contributed by atoms with van der Waals surface area (Å²) in [7, 11) is 0. The second-order valence-electron chi connectivity index (χ2n) is 4.37. The molecule has 0 fully saturated rings. The van der Waals surface area contributed by atoms with Crippen molar-refractivity contribution in [3.05, 3.63) is 58.9 Å².